The molecule has 1 saturated heterocycles. The number of sulfonamides is 1. The van der Waals surface area contributed by atoms with Gasteiger partial charge in [-0.25, -0.2) is 12.8 Å². The maximum absolute atomic E-state index is 13.1. The van der Waals surface area contributed by atoms with Gasteiger partial charge in [-0.15, -0.1) is 0 Å². The molecule has 0 radical (unpaired) electrons. The monoisotopic (exact) mass is 396 g/mol. The summed E-state index contributed by atoms with van der Waals surface area (Å²) in [6, 6.07) is 4.95. The first-order chi connectivity index (χ1) is 12.8. The molecule has 0 atom stereocenters. The van der Waals surface area contributed by atoms with Crippen molar-refractivity contribution in [2.45, 2.75) is 38.1 Å². The third kappa shape index (κ3) is 5.12. The normalized spacial score (nSPS) is 17.3. The Hall–Kier alpha value is -1.84. The molecule has 2 heterocycles. The molecule has 1 aliphatic rings. The van der Waals surface area contributed by atoms with E-state index in [-0.39, 0.29) is 4.90 Å². The Morgan fingerprint density at radius 2 is 1.89 bits per heavy atom. The number of hydrogen-bond acceptors (Lipinski definition) is 6. The lowest BCUT2D eigenvalue weighted by Crippen LogP contribution is -2.35. The fraction of sp³-hybridized carbons (Fsp3) is 0.556. The van der Waals surface area contributed by atoms with Crippen LogP contribution in [-0.4, -0.2) is 53.9 Å². The summed E-state index contributed by atoms with van der Waals surface area (Å²) in [5.74, 6) is 1.26. The number of hydrogen-bond donors (Lipinski definition) is 0. The Morgan fingerprint density at radius 1 is 1.15 bits per heavy atom. The zero-order valence-electron chi connectivity index (χ0n) is 15.6. The average molecular weight is 396 g/mol. The van der Waals surface area contributed by atoms with Gasteiger partial charge in [-0.1, -0.05) is 19.0 Å². The molecule has 9 heteroatoms. The summed E-state index contributed by atoms with van der Waals surface area (Å²) >= 11 is 0. The first-order valence-corrected chi connectivity index (χ1v) is 10.6. The molecule has 0 amide bonds. The Morgan fingerprint density at radius 3 is 2.59 bits per heavy atom. The molecule has 148 valence electrons. The highest BCUT2D eigenvalue weighted by atomic mass is 32.2. The average Bonchev–Trinajstić information content (AvgIpc) is 2.89. The van der Waals surface area contributed by atoms with Gasteiger partial charge in [0.05, 0.1) is 11.4 Å². The summed E-state index contributed by atoms with van der Waals surface area (Å²) < 4.78 is 45.3. The minimum atomic E-state index is -3.62. The molecule has 0 unspecified atom stereocenters. The minimum Gasteiger partial charge on any atom is -0.339 e. The van der Waals surface area contributed by atoms with Crippen LogP contribution in [0.2, 0.25) is 0 Å². The Balaban J connectivity index is 1.61. The minimum absolute atomic E-state index is 0.119. The molecule has 0 bridgehead atoms. The van der Waals surface area contributed by atoms with E-state index < -0.39 is 15.8 Å². The molecular formula is C18H25FN4O3S. The van der Waals surface area contributed by atoms with Crippen LogP contribution in [0.5, 0.6) is 0 Å². The lowest BCUT2D eigenvalue weighted by atomic mass is 10.1. The molecule has 1 aromatic carbocycles. The standard InChI is InChI=1S/C18H25FN4O3S/c1-14(2)12-18-20-17(21-26-18)13-22-8-3-9-23(11-10-22)27(24,25)16-6-4-15(19)5-7-16/h4-7,14H,3,8-13H2,1-2H3. The van der Waals surface area contributed by atoms with E-state index in [9.17, 15) is 12.8 Å². The van der Waals surface area contributed by atoms with Gasteiger partial charge in [-0.05, 0) is 43.1 Å². The number of aromatic nitrogens is 2. The van der Waals surface area contributed by atoms with Crippen LogP contribution >= 0.6 is 0 Å². The summed E-state index contributed by atoms with van der Waals surface area (Å²) in [5, 5.41) is 4.02. The van der Waals surface area contributed by atoms with Gasteiger partial charge in [0.25, 0.3) is 0 Å². The second-order valence-electron chi connectivity index (χ2n) is 7.19. The molecule has 27 heavy (non-hydrogen) atoms. The van der Waals surface area contributed by atoms with Crippen LogP contribution in [0, 0.1) is 11.7 Å². The summed E-state index contributed by atoms with van der Waals surface area (Å²) in [6.45, 7) is 6.85. The van der Waals surface area contributed by atoms with Gasteiger partial charge in [0.2, 0.25) is 15.9 Å². The van der Waals surface area contributed by atoms with E-state index in [1.165, 1.54) is 28.6 Å². The maximum atomic E-state index is 13.1. The predicted octanol–water partition coefficient (Wildman–Crippen LogP) is 2.30. The van der Waals surface area contributed by atoms with Crippen molar-refractivity contribution in [2.75, 3.05) is 26.2 Å². The molecule has 3 rings (SSSR count). The maximum Gasteiger partial charge on any atom is 0.243 e. The van der Waals surface area contributed by atoms with Gasteiger partial charge >= 0.3 is 0 Å². The molecule has 2 aromatic rings. The fourth-order valence-corrected chi connectivity index (χ4v) is 4.56. The highest BCUT2D eigenvalue weighted by Crippen LogP contribution is 2.19. The Kier molecular flexibility index (Phi) is 6.23. The molecule has 7 nitrogen and oxygen atoms in total. The van der Waals surface area contributed by atoms with Crippen LogP contribution in [0.3, 0.4) is 0 Å². The lowest BCUT2D eigenvalue weighted by Gasteiger charge is -2.21. The number of rotatable bonds is 6. The fourth-order valence-electron chi connectivity index (χ4n) is 3.09. The van der Waals surface area contributed by atoms with Crippen LogP contribution in [0.1, 0.15) is 32.0 Å². The Bertz CT molecular complexity index is 852. The number of benzene rings is 1. The third-order valence-corrected chi connectivity index (χ3v) is 6.37. The lowest BCUT2D eigenvalue weighted by molar-refractivity contribution is 0.265. The van der Waals surface area contributed by atoms with Crippen LogP contribution < -0.4 is 0 Å². The predicted molar refractivity (Wildman–Crippen MR) is 97.9 cm³/mol. The quantitative estimate of drug-likeness (QED) is 0.745. The van der Waals surface area contributed by atoms with E-state index in [4.69, 9.17) is 4.52 Å². The van der Waals surface area contributed by atoms with E-state index in [1.54, 1.807) is 0 Å². The van der Waals surface area contributed by atoms with Crippen LogP contribution in [0.25, 0.3) is 0 Å². The molecule has 1 aliphatic heterocycles. The highest BCUT2D eigenvalue weighted by Gasteiger charge is 2.27. The third-order valence-electron chi connectivity index (χ3n) is 4.46. The van der Waals surface area contributed by atoms with E-state index in [0.29, 0.717) is 50.2 Å². The molecular weight excluding hydrogens is 371 g/mol. The SMILES string of the molecule is CC(C)Cc1nc(CN2CCCN(S(=O)(=O)c3ccc(F)cc3)CC2)no1. The summed E-state index contributed by atoms with van der Waals surface area (Å²) in [6.07, 6.45) is 1.45. The van der Waals surface area contributed by atoms with E-state index >= 15 is 0 Å². The van der Waals surface area contributed by atoms with Crippen molar-refractivity contribution in [1.29, 1.82) is 0 Å². The molecule has 0 spiro atoms. The van der Waals surface area contributed by atoms with Crippen molar-refractivity contribution in [3.63, 3.8) is 0 Å². The summed E-state index contributed by atoms with van der Waals surface area (Å²) in [7, 11) is -3.62. The van der Waals surface area contributed by atoms with Crippen LogP contribution in [0.15, 0.2) is 33.7 Å². The first kappa shape index (κ1) is 19.9. The number of nitrogens with zero attached hydrogens (tertiary/aromatic N) is 4. The van der Waals surface area contributed by atoms with Crippen molar-refractivity contribution < 1.29 is 17.3 Å². The Labute approximate surface area is 159 Å². The highest BCUT2D eigenvalue weighted by molar-refractivity contribution is 7.89. The smallest absolute Gasteiger partial charge is 0.243 e. The van der Waals surface area contributed by atoms with Crippen LogP contribution in [-0.2, 0) is 23.0 Å². The summed E-state index contributed by atoms with van der Waals surface area (Å²) in [4.78, 5) is 6.66. The molecule has 1 aromatic heterocycles. The second kappa shape index (κ2) is 8.45. The van der Waals surface area contributed by atoms with Crippen molar-refractivity contribution in [3.05, 3.63) is 41.8 Å². The van der Waals surface area contributed by atoms with Gasteiger partial charge in [-0.3, -0.25) is 4.90 Å². The van der Waals surface area contributed by atoms with Crippen molar-refractivity contribution in [1.82, 2.24) is 19.3 Å². The topological polar surface area (TPSA) is 79.5 Å². The van der Waals surface area contributed by atoms with Gasteiger partial charge in [-0.2, -0.15) is 9.29 Å². The van der Waals surface area contributed by atoms with Gasteiger partial charge < -0.3 is 4.52 Å². The summed E-state index contributed by atoms with van der Waals surface area (Å²) in [5.41, 5.74) is 0. The van der Waals surface area contributed by atoms with Crippen molar-refractivity contribution >= 4 is 10.0 Å². The molecule has 0 N–H and O–H groups in total. The van der Waals surface area contributed by atoms with E-state index in [1.807, 2.05) is 0 Å². The first-order valence-electron chi connectivity index (χ1n) is 9.14. The number of halogens is 1. The largest absolute Gasteiger partial charge is 0.339 e. The van der Waals surface area contributed by atoms with Crippen molar-refractivity contribution in [3.8, 4) is 0 Å². The van der Waals surface area contributed by atoms with Gasteiger partial charge in [0.15, 0.2) is 5.82 Å². The van der Waals surface area contributed by atoms with E-state index in [2.05, 4.69) is 28.9 Å². The molecule has 0 saturated carbocycles. The van der Waals surface area contributed by atoms with E-state index in [0.717, 1.165) is 13.0 Å². The van der Waals surface area contributed by atoms with Gasteiger partial charge in [0, 0.05) is 26.1 Å². The molecule has 0 aliphatic carbocycles. The molecule has 1 fully saturated rings. The zero-order chi connectivity index (χ0) is 19.4. The van der Waals surface area contributed by atoms with Gasteiger partial charge in [0.1, 0.15) is 5.82 Å². The second-order valence-corrected chi connectivity index (χ2v) is 9.13. The van der Waals surface area contributed by atoms with Crippen LogP contribution in [0.4, 0.5) is 4.39 Å². The van der Waals surface area contributed by atoms with Crippen molar-refractivity contribution in [2.24, 2.45) is 5.92 Å². The zero-order valence-corrected chi connectivity index (χ0v) is 16.5.